The molecule has 0 saturated carbocycles. The number of rotatable bonds is 4. The lowest BCUT2D eigenvalue weighted by Gasteiger charge is -2.06. The van der Waals surface area contributed by atoms with Crippen LogP contribution in [0.3, 0.4) is 0 Å². The second-order valence-corrected chi connectivity index (χ2v) is 5.07. The van der Waals surface area contributed by atoms with Gasteiger partial charge < -0.3 is 5.73 Å². The fraction of sp³-hybridized carbons (Fsp3) is 0.400. The second kappa shape index (κ2) is 5.36. The van der Waals surface area contributed by atoms with E-state index in [0.717, 1.165) is 22.9 Å². The van der Waals surface area contributed by atoms with Gasteiger partial charge in [-0.05, 0) is 30.5 Å². The van der Waals surface area contributed by atoms with Gasteiger partial charge in [0.2, 0.25) is 5.91 Å². The van der Waals surface area contributed by atoms with E-state index in [9.17, 15) is 4.79 Å². The average Bonchev–Trinajstić information content (AvgIpc) is 2.68. The summed E-state index contributed by atoms with van der Waals surface area (Å²) in [5, 5.41) is 1.14. The lowest BCUT2D eigenvalue weighted by atomic mass is 10.1. The van der Waals surface area contributed by atoms with Crippen LogP contribution in [-0.2, 0) is 6.42 Å². The standard InChI is InChI=1S/C15H20N2O/c1-11(2)9-15(18)17-10-12(7-8-16)13-5-3-4-6-14(13)17/h3-6,10-11H,7-9,16H2,1-2H3. The van der Waals surface area contributed by atoms with Crippen molar-refractivity contribution in [2.24, 2.45) is 11.7 Å². The number of nitrogens with two attached hydrogens (primary N) is 1. The SMILES string of the molecule is CC(C)CC(=O)n1cc(CCN)c2ccccc21. The molecule has 96 valence electrons. The van der Waals surface area contributed by atoms with Gasteiger partial charge in [0.05, 0.1) is 5.52 Å². The maximum absolute atomic E-state index is 12.2. The molecule has 0 unspecified atom stereocenters. The number of benzene rings is 1. The Labute approximate surface area is 108 Å². The molecule has 0 fully saturated rings. The maximum Gasteiger partial charge on any atom is 0.231 e. The summed E-state index contributed by atoms with van der Waals surface area (Å²) in [5.41, 5.74) is 7.77. The van der Waals surface area contributed by atoms with E-state index in [-0.39, 0.29) is 5.91 Å². The van der Waals surface area contributed by atoms with Crippen LogP contribution in [0.25, 0.3) is 10.9 Å². The molecule has 0 aliphatic heterocycles. The Kier molecular flexibility index (Phi) is 3.82. The third-order valence-corrected chi connectivity index (χ3v) is 3.06. The van der Waals surface area contributed by atoms with Gasteiger partial charge in [-0.3, -0.25) is 9.36 Å². The molecule has 1 aromatic carbocycles. The van der Waals surface area contributed by atoms with E-state index in [0.29, 0.717) is 18.9 Å². The van der Waals surface area contributed by atoms with Gasteiger partial charge in [0, 0.05) is 18.0 Å². The first-order valence-electron chi connectivity index (χ1n) is 6.45. The highest BCUT2D eigenvalue weighted by Gasteiger charge is 2.13. The predicted molar refractivity (Wildman–Crippen MR) is 74.8 cm³/mol. The number of hydrogen-bond acceptors (Lipinski definition) is 2. The first-order chi connectivity index (χ1) is 8.63. The number of aromatic nitrogens is 1. The van der Waals surface area contributed by atoms with E-state index in [2.05, 4.69) is 19.9 Å². The lowest BCUT2D eigenvalue weighted by molar-refractivity contribution is 0.0892. The highest BCUT2D eigenvalue weighted by atomic mass is 16.2. The van der Waals surface area contributed by atoms with E-state index in [1.54, 1.807) is 4.57 Å². The molecule has 0 saturated heterocycles. The van der Waals surface area contributed by atoms with Gasteiger partial charge in [-0.2, -0.15) is 0 Å². The first kappa shape index (κ1) is 12.8. The summed E-state index contributed by atoms with van der Waals surface area (Å²) in [4.78, 5) is 12.2. The zero-order chi connectivity index (χ0) is 13.1. The van der Waals surface area contributed by atoms with Crippen LogP contribution in [0.2, 0.25) is 0 Å². The van der Waals surface area contributed by atoms with Crippen molar-refractivity contribution < 1.29 is 4.79 Å². The molecule has 1 heterocycles. The van der Waals surface area contributed by atoms with Gasteiger partial charge in [0.25, 0.3) is 0 Å². The Bertz CT molecular complexity index is 555. The van der Waals surface area contributed by atoms with E-state index >= 15 is 0 Å². The molecule has 2 aromatic rings. The van der Waals surface area contributed by atoms with Gasteiger partial charge in [0.1, 0.15) is 0 Å². The molecule has 3 heteroatoms. The Morgan fingerprint density at radius 3 is 2.72 bits per heavy atom. The van der Waals surface area contributed by atoms with Crippen molar-refractivity contribution in [2.45, 2.75) is 26.7 Å². The summed E-state index contributed by atoms with van der Waals surface area (Å²) in [6.45, 7) is 4.72. The molecule has 0 amide bonds. The molecule has 0 aliphatic carbocycles. The van der Waals surface area contributed by atoms with Crippen LogP contribution in [0.15, 0.2) is 30.5 Å². The number of hydrogen-bond donors (Lipinski definition) is 1. The van der Waals surface area contributed by atoms with Crippen molar-refractivity contribution in [1.82, 2.24) is 4.57 Å². The summed E-state index contributed by atoms with van der Waals surface area (Å²) in [7, 11) is 0. The quantitative estimate of drug-likeness (QED) is 0.899. The summed E-state index contributed by atoms with van der Waals surface area (Å²) >= 11 is 0. The number of carbonyl (C=O) groups excluding carboxylic acids is 1. The minimum Gasteiger partial charge on any atom is -0.330 e. The Hall–Kier alpha value is -1.61. The fourth-order valence-corrected chi connectivity index (χ4v) is 2.26. The van der Waals surface area contributed by atoms with Crippen molar-refractivity contribution in [1.29, 1.82) is 0 Å². The van der Waals surface area contributed by atoms with Crippen molar-refractivity contribution in [3.8, 4) is 0 Å². The number of carbonyl (C=O) groups is 1. The van der Waals surface area contributed by atoms with Gasteiger partial charge in [-0.15, -0.1) is 0 Å². The van der Waals surface area contributed by atoms with Crippen LogP contribution < -0.4 is 5.73 Å². The lowest BCUT2D eigenvalue weighted by Crippen LogP contribution is -2.11. The maximum atomic E-state index is 12.2. The normalized spacial score (nSPS) is 11.3. The van der Waals surface area contributed by atoms with Crippen molar-refractivity contribution in [3.63, 3.8) is 0 Å². The van der Waals surface area contributed by atoms with E-state index in [4.69, 9.17) is 5.73 Å². The fourth-order valence-electron chi connectivity index (χ4n) is 2.26. The summed E-state index contributed by atoms with van der Waals surface area (Å²) < 4.78 is 1.78. The van der Waals surface area contributed by atoms with Crippen LogP contribution in [0, 0.1) is 5.92 Å². The smallest absolute Gasteiger partial charge is 0.231 e. The van der Waals surface area contributed by atoms with Crippen LogP contribution in [0.4, 0.5) is 0 Å². The van der Waals surface area contributed by atoms with Gasteiger partial charge >= 0.3 is 0 Å². The largest absolute Gasteiger partial charge is 0.330 e. The number of para-hydroxylation sites is 1. The molecule has 0 bridgehead atoms. The Morgan fingerprint density at radius 1 is 1.33 bits per heavy atom. The second-order valence-electron chi connectivity index (χ2n) is 5.07. The molecule has 0 spiro atoms. The van der Waals surface area contributed by atoms with Gasteiger partial charge in [0.15, 0.2) is 0 Å². The highest BCUT2D eigenvalue weighted by molar-refractivity contribution is 5.94. The number of nitrogens with zero attached hydrogens (tertiary/aromatic N) is 1. The third-order valence-electron chi connectivity index (χ3n) is 3.06. The first-order valence-corrected chi connectivity index (χ1v) is 6.45. The molecule has 18 heavy (non-hydrogen) atoms. The molecule has 0 radical (unpaired) electrons. The summed E-state index contributed by atoms with van der Waals surface area (Å²) in [6.07, 6.45) is 3.32. The van der Waals surface area contributed by atoms with Crippen molar-refractivity contribution in [3.05, 3.63) is 36.0 Å². The zero-order valence-electron chi connectivity index (χ0n) is 11.0. The highest BCUT2D eigenvalue weighted by Crippen LogP contribution is 2.22. The number of fused-ring (bicyclic) bond motifs is 1. The van der Waals surface area contributed by atoms with Crippen LogP contribution in [-0.4, -0.2) is 17.0 Å². The third kappa shape index (κ3) is 2.46. The average molecular weight is 244 g/mol. The molecular weight excluding hydrogens is 224 g/mol. The molecule has 0 atom stereocenters. The van der Waals surface area contributed by atoms with E-state index in [1.165, 1.54) is 0 Å². The summed E-state index contributed by atoms with van der Waals surface area (Å²) in [5.74, 6) is 0.529. The molecular formula is C15H20N2O. The van der Waals surface area contributed by atoms with Crippen LogP contribution in [0.1, 0.15) is 30.6 Å². The molecule has 3 nitrogen and oxygen atoms in total. The van der Waals surface area contributed by atoms with Crippen LogP contribution >= 0.6 is 0 Å². The van der Waals surface area contributed by atoms with Crippen molar-refractivity contribution >= 4 is 16.8 Å². The van der Waals surface area contributed by atoms with E-state index < -0.39 is 0 Å². The minimum absolute atomic E-state index is 0.157. The van der Waals surface area contributed by atoms with Gasteiger partial charge in [-0.1, -0.05) is 32.0 Å². The molecule has 1 aromatic heterocycles. The van der Waals surface area contributed by atoms with Gasteiger partial charge in [-0.25, -0.2) is 0 Å². The topological polar surface area (TPSA) is 48.0 Å². The molecule has 0 aliphatic rings. The Morgan fingerprint density at radius 2 is 2.06 bits per heavy atom. The summed E-state index contributed by atoms with van der Waals surface area (Å²) in [6, 6.07) is 8.01. The predicted octanol–water partition coefficient (Wildman–Crippen LogP) is 2.83. The van der Waals surface area contributed by atoms with Crippen molar-refractivity contribution in [2.75, 3.05) is 6.54 Å². The Balaban J connectivity index is 2.47. The monoisotopic (exact) mass is 244 g/mol. The van der Waals surface area contributed by atoms with E-state index in [1.807, 2.05) is 24.4 Å². The molecule has 2 N–H and O–H groups in total. The minimum atomic E-state index is 0.157. The zero-order valence-corrected chi connectivity index (χ0v) is 11.0. The van der Waals surface area contributed by atoms with Crippen LogP contribution in [0.5, 0.6) is 0 Å². The molecule has 2 rings (SSSR count).